The third-order valence-corrected chi connectivity index (χ3v) is 1.72. The average Bonchev–Trinajstić information content (AvgIpc) is 2.00. The first-order valence-corrected chi connectivity index (χ1v) is 3.97. The van der Waals surface area contributed by atoms with E-state index in [-0.39, 0.29) is 0 Å². The quantitative estimate of drug-likeness (QED) is 0.434. The maximum atomic E-state index is 2.42. The highest BCUT2D eigenvalue weighted by Gasteiger charge is 1.91. The van der Waals surface area contributed by atoms with E-state index in [4.69, 9.17) is 0 Å². The van der Waals surface area contributed by atoms with E-state index in [9.17, 15) is 0 Å². The van der Waals surface area contributed by atoms with Crippen molar-refractivity contribution < 1.29 is 0 Å². The number of hydrogen-bond acceptors (Lipinski definition) is 0. The van der Waals surface area contributed by atoms with Gasteiger partial charge in [0.25, 0.3) is 0 Å². The monoisotopic (exact) mass is 123 g/mol. The van der Waals surface area contributed by atoms with E-state index < -0.39 is 0 Å². The normalized spacial score (nSPS) is 22.2. The third kappa shape index (κ3) is 3.34. The summed E-state index contributed by atoms with van der Waals surface area (Å²) in [6.45, 7) is 0. The predicted octanol–water partition coefficient (Wildman–Crippen LogP) is 3.10. The largest absolute Gasteiger partial charge is 0.0885 e. The molecule has 0 nitrogen and oxygen atoms in total. The van der Waals surface area contributed by atoms with Crippen LogP contribution in [0.5, 0.6) is 0 Å². The van der Waals surface area contributed by atoms with Crippen molar-refractivity contribution >= 4 is 0 Å². The van der Waals surface area contributed by atoms with Gasteiger partial charge in [0.2, 0.25) is 0 Å². The second kappa shape index (κ2) is 4.60. The molecule has 0 aromatic carbocycles. The summed E-state index contributed by atoms with van der Waals surface area (Å²) in [5, 5.41) is 0. The molecule has 1 rings (SSSR count). The van der Waals surface area contributed by atoms with Gasteiger partial charge in [-0.15, -0.1) is 0 Å². The van der Waals surface area contributed by atoms with E-state index in [1.54, 1.807) is 0 Å². The lowest BCUT2D eigenvalue weighted by molar-refractivity contribution is 0.757. The first-order valence-electron chi connectivity index (χ1n) is 3.97. The van der Waals surface area contributed by atoms with Crippen LogP contribution >= 0.6 is 0 Å². The Balaban J connectivity index is 2.15. The first-order chi connectivity index (χ1) is 4.50. The van der Waals surface area contributed by atoms with Gasteiger partial charge in [-0.1, -0.05) is 12.2 Å². The van der Waals surface area contributed by atoms with E-state index in [2.05, 4.69) is 18.6 Å². The highest BCUT2D eigenvalue weighted by atomic mass is 14.0. The fraction of sp³-hybridized carbons (Fsp3) is 0.667. The Morgan fingerprint density at radius 2 is 1.22 bits per heavy atom. The van der Waals surface area contributed by atoms with Crippen molar-refractivity contribution in [2.75, 3.05) is 0 Å². The topological polar surface area (TPSA) is 0 Å². The van der Waals surface area contributed by atoms with Crippen LogP contribution in [0.4, 0.5) is 0 Å². The predicted molar refractivity (Wildman–Crippen MR) is 41.1 cm³/mol. The van der Waals surface area contributed by atoms with Crippen LogP contribution in [-0.2, 0) is 0 Å². The van der Waals surface area contributed by atoms with Crippen LogP contribution in [0, 0.1) is 6.42 Å². The maximum absolute atomic E-state index is 2.42. The van der Waals surface area contributed by atoms with Crippen LogP contribution in [-0.4, -0.2) is 0 Å². The summed E-state index contributed by atoms with van der Waals surface area (Å²) >= 11 is 0. The van der Waals surface area contributed by atoms with Crippen LogP contribution < -0.4 is 0 Å². The zero-order valence-electron chi connectivity index (χ0n) is 5.97. The van der Waals surface area contributed by atoms with E-state index in [1.165, 1.54) is 38.5 Å². The van der Waals surface area contributed by atoms with Gasteiger partial charge in [-0.2, -0.15) is 0 Å². The minimum absolute atomic E-state index is 1.29. The van der Waals surface area contributed by atoms with Gasteiger partial charge in [0.05, 0.1) is 0 Å². The zero-order valence-corrected chi connectivity index (χ0v) is 5.97. The molecule has 0 amide bonds. The Labute approximate surface area is 58.0 Å². The second-order valence-corrected chi connectivity index (χ2v) is 2.62. The van der Waals surface area contributed by atoms with Gasteiger partial charge < -0.3 is 0 Å². The van der Waals surface area contributed by atoms with Crippen molar-refractivity contribution in [3.05, 3.63) is 18.6 Å². The molecule has 0 spiro atoms. The Kier molecular flexibility index (Phi) is 3.51. The van der Waals surface area contributed by atoms with Crippen LogP contribution in [0.15, 0.2) is 12.2 Å². The number of rotatable bonds is 0. The zero-order chi connectivity index (χ0) is 6.36. The van der Waals surface area contributed by atoms with Gasteiger partial charge in [-0.05, 0) is 44.9 Å². The molecule has 0 heterocycles. The second-order valence-electron chi connectivity index (χ2n) is 2.62. The lowest BCUT2D eigenvalue weighted by Crippen LogP contribution is -1.75. The molecule has 1 aliphatic carbocycles. The molecule has 0 heteroatoms. The van der Waals surface area contributed by atoms with Crippen molar-refractivity contribution in [2.24, 2.45) is 0 Å². The van der Waals surface area contributed by atoms with Crippen molar-refractivity contribution in [1.29, 1.82) is 0 Å². The van der Waals surface area contributed by atoms with E-state index in [0.29, 0.717) is 0 Å². The Morgan fingerprint density at radius 1 is 0.667 bits per heavy atom. The summed E-state index contributed by atoms with van der Waals surface area (Å²) < 4.78 is 0. The summed E-state index contributed by atoms with van der Waals surface area (Å²) in [6, 6.07) is 0. The smallest absolute Gasteiger partial charge is 0.0351 e. The van der Waals surface area contributed by atoms with E-state index in [0.717, 1.165) is 0 Å². The van der Waals surface area contributed by atoms with Crippen molar-refractivity contribution in [1.82, 2.24) is 0 Å². The molecular weight excluding hydrogens is 108 g/mol. The molecular formula is C9H15. The van der Waals surface area contributed by atoms with E-state index in [1.807, 2.05) is 0 Å². The van der Waals surface area contributed by atoms with Gasteiger partial charge in [-0.3, -0.25) is 0 Å². The Morgan fingerprint density at radius 3 is 1.78 bits per heavy atom. The molecule has 0 saturated heterocycles. The molecule has 0 aromatic heterocycles. The minimum atomic E-state index is 1.29. The van der Waals surface area contributed by atoms with Gasteiger partial charge in [0, 0.05) is 0 Å². The number of allylic oxidation sites excluding steroid dienone is 2. The fourth-order valence-electron chi connectivity index (χ4n) is 1.14. The van der Waals surface area contributed by atoms with Crippen LogP contribution in [0.1, 0.15) is 38.5 Å². The van der Waals surface area contributed by atoms with Crippen molar-refractivity contribution in [3.63, 3.8) is 0 Å². The standard InChI is InChI=1S/C9H15/c1-2-4-6-8-9-7-5-3-1/h1-2,9H,3-8H2. The molecule has 1 aliphatic rings. The molecule has 0 bridgehead atoms. The molecule has 0 unspecified atom stereocenters. The fourth-order valence-corrected chi connectivity index (χ4v) is 1.14. The molecule has 0 atom stereocenters. The molecule has 0 aliphatic heterocycles. The summed E-state index contributed by atoms with van der Waals surface area (Å²) in [5.41, 5.74) is 0. The van der Waals surface area contributed by atoms with Gasteiger partial charge in [0.1, 0.15) is 0 Å². The van der Waals surface area contributed by atoms with Crippen LogP contribution in [0.25, 0.3) is 0 Å². The molecule has 0 N–H and O–H groups in total. The summed E-state index contributed by atoms with van der Waals surface area (Å²) in [7, 11) is 0. The molecule has 0 aromatic rings. The van der Waals surface area contributed by atoms with Crippen LogP contribution in [0.3, 0.4) is 0 Å². The molecule has 0 saturated carbocycles. The summed E-state index contributed by atoms with van der Waals surface area (Å²) in [5.74, 6) is 0. The van der Waals surface area contributed by atoms with Gasteiger partial charge >= 0.3 is 0 Å². The van der Waals surface area contributed by atoms with Gasteiger partial charge in [0.15, 0.2) is 0 Å². The SMILES string of the molecule is [CH]1CCCC=CCCC1. The minimum Gasteiger partial charge on any atom is -0.0885 e. The lowest BCUT2D eigenvalue weighted by atomic mass is 10.1. The average molecular weight is 123 g/mol. The Hall–Kier alpha value is -0.260. The Bertz CT molecular complexity index is 72.0. The molecule has 0 fully saturated rings. The highest BCUT2D eigenvalue weighted by Crippen LogP contribution is 2.09. The number of hydrogen-bond donors (Lipinski definition) is 0. The molecule has 1 radical (unpaired) electrons. The lowest BCUT2D eigenvalue weighted by Gasteiger charge is -1.93. The summed E-state index contributed by atoms with van der Waals surface area (Å²) in [6.07, 6.45) is 15.0. The van der Waals surface area contributed by atoms with Crippen LogP contribution in [0.2, 0.25) is 0 Å². The third-order valence-electron chi connectivity index (χ3n) is 1.72. The van der Waals surface area contributed by atoms with Crippen molar-refractivity contribution in [2.45, 2.75) is 38.5 Å². The highest BCUT2D eigenvalue weighted by molar-refractivity contribution is 4.84. The summed E-state index contributed by atoms with van der Waals surface area (Å²) in [4.78, 5) is 0. The first kappa shape index (κ1) is 6.85. The maximum Gasteiger partial charge on any atom is -0.0351 e. The van der Waals surface area contributed by atoms with Crippen molar-refractivity contribution in [3.8, 4) is 0 Å². The van der Waals surface area contributed by atoms with Gasteiger partial charge in [-0.25, -0.2) is 0 Å². The molecule has 9 heavy (non-hydrogen) atoms. The van der Waals surface area contributed by atoms with E-state index >= 15 is 0 Å². The molecule has 51 valence electrons.